The molecule has 0 atom stereocenters. The first-order valence-corrected chi connectivity index (χ1v) is 4.46. The summed E-state index contributed by atoms with van der Waals surface area (Å²) in [5.74, 6) is 0.816. The second-order valence-corrected chi connectivity index (χ2v) is 3.47. The minimum absolute atomic E-state index is 0.0662. The number of nitrogens with zero attached hydrogens (tertiary/aromatic N) is 2. The highest BCUT2D eigenvalue weighted by molar-refractivity contribution is 5.04. The second kappa shape index (κ2) is 2.96. The number of rotatable bonds is 1. The van der Waals surface area contributed by atoms with Gasteiger partial charge in [-0.2, -0.15) is 0 Å². The SMILES string of the molecule is Cc1cc(=O)n(C2CNC2)c(C)n1. The van der Waals surface area contributed by atoms with Crippen LogP contribution in [0.15, 0.2) is 10.9 Å². The van der Waals surface area contributed by atoms with Gasteiger partial charge in [-0.25, -0.2) is 4.98 Å². The Kier molecular flexibility index (Phi) is 1.92. The van der Waals surface area contributed by atoms with Crippen molar-refractivity contribution in [1.29, 1.82) is 0 Å². The summed E-state index contributed by atoms with van der Waals surface area (Å²) in [6.07, 6.45) is 0. The zero-order valence-corrected chi connectivity index (χ0v) is 7.87. The smallest absolute Gasteiger partial charge is 0.254 e. The largest absolute Gasteiger partial charge is 0.313 e. The van der Waals surface area contributed by atoms with E-state index in [9.17, 15) is 4.79 Å². The van der Waals surface area contributed by atoms with E-state index >= 15 is 0 Å². The zero-order valence-electron chi connectivity index (χ0n) is 7.87. The van der Waals surface area contributed by atoms with Gasteiger partial charge in [0.05, 0.1) is 6.04 Å². The van der Waals surface area contributed by atoms with Gasteiger partial charge in [-0.1, -0.05) is 0 Å². The second-order valence-electron chi connectivity index (χ2n) is 3.47. The summed E-state index contributed by atoms with van der Waals surface area (Å²) in [7, 11) is 0. The lowest BCUT2D eigenvalue weighted by Crippen LogP contribution is -2.47. The van der Waals surface area contributed by atoms with E-state index in [4.69, 9.17) is 0 Å². The molecule has 2 rings (SSSR count). The van der Waals surface area contributed by atoms with Crippen LogP contribution in [0.5, 0.6) is 0 Å². The molecule has 0 spiro atoms. The first kappa shape index (κ1) is 8.44. The van der Waals surface area contributed by atoms with Crippen molar-refractivity contribution < 1.29 is 0 Å². The number of aromatic nitrogens is 2. The van der Waals surface area contributed by atoms with E-state index in [1.807, 2.05) is 13.8 Å². The monoisotopic (exact) mass is 179 g/mol. The predicted molar refractivity (Wildman–Crippen MR) is 49.9 cm³/mol. The maximum Gasteiger partial charge on any atom is 0.254 e. The van der Waals surface area contributed by atoms with Crippen molar-refractivity contribution in [1.82, 2.24) is 14.9 Å². The number of hydrogen-bond acceptors (Lipinski definition) is 3. The molecule has 70 valence electrons. The van der Waals surface area contributed by atoms with Gasteiger partial charge in [0.25, 0.3) is 5.56 Å². The predicted octanol–water partition coefficient (Wildman–Crippen LogP) is 0.00444. The molecule has 1 fully saturated rings. The Morgan fingerprint density at radius 2 is 2.23 bits per heavy atom. The third kappa shape index (κ3) is 1.37. The first-order chi connectivity index (χ1) is 6.18. The van der Waals surface area contributed by atoms with Crippen LogP contribution in [0.1, 0.15) is 17.6 Å². The molecule has 0 aliphatic carbocycles. The summed E-state index contributed by atoms with van der Waals surface area (Å²) >= 11 is 0. The molecule has 1 aromatic heterocycles. The molecule has 1 aliphatic rings. The summed E-state index contributed by atoms with van der Waals surface area (Å²) < 4.78 is 1.77. The fraction of sp³-hybridized carbons (Fsp3) is 0.556. The van der Waals surface area contributed by atoms with Crippen LogP contribution in [0.3, 0.4) is 0 Å². The molecule has 0 radical (unpaired) electrons. The maximum absolute atomic E-state index is 11.6. The Bertz CT molecular complexity index is 379. The highest BCUT2D eigenvalue weighted by Crippen LogP contribution is 2.10. The minimum Gasteiger partial charge on any atom is -0.313 e. The Labute approximate surface area is 76.6 Å². The van der Waals surface area contributed by atoms with Crippen molar-refractivity contribution >= 4 is 0 Å². The van der Waals surface area contributed by atoms with Gasteiger partial charge in [0.15, 0.2) is 0 Å². The van der Waals surface area contributed by atoms with Crippen LogP contribution in [0.25, 0.3) is 0 Å². The van der Waals surface area contributed by atoms with Crippen molar-refractivity contribution in [2.45, 2.75) is 19.9 Å². The molecule has 1 aliphatic heterocycles. The summed E-state index contributed by atoms with van der Waals surface area (Å²) in [6, 6.07) is 1.89. The van der Waals surface area contributed by atoms with Crippen molar-refractivity contribution in [3.63, 3.8) is 0 Å². The highest BCUT2D eigenvalue weighted by Gasteiger charge is 2.21. The zero-order chi connectivity index (χ0) is 9.42. The van der Waals surface area contributed by atoms with Crippen molar-refractivity contribution in [2.75, 3.05) is 13.1 Å². The van der Waals surface area contributed by atoms with Gasteiger partial charge in [0, 0.05) is 24.8 Å². The first-order valence-electron chi connectivity index (χ1n) is 4.46. The van der Waals surface area contributed by atoms with E-state index in [1.54, 1.807) is 10.6 Å². The lowest BCUT2D eigenvalue weighted by atomic mass is 10.1. The third-order valence-corrected chi connectivity index (χ3v) is 2.38. The van der Waals surface area contributed by atoms with E-state index in [1.165, 1.54) is 0 Å². The molecule has 1 saturated heterocycles. The quantitative estimate of drug-likeness (QED) is 0.660. The summed E-state index contributed by atoms with van der Waals surface area (Å²) in [5, 5.41) is 3.14. The summed E-state index contributed by atoms with van der Waals surface area (Å²) in [5.41, 5.74) is 0.863. The third-order valence-electron chi connectivity index (χ3n) is 2.38. The van der Waals surface area contributed by atoms with Crippen molar-refractivity contribution in [3.05, 3.63) is 27.9 Å². The highest BCUT2D eigenvalue weighted by atomic mass is 16.1. The molecule has 13 heavy (non-hydrogen) atoms. The number of hydrogen-bond donors (Lipinski definition) is 1. The Morgan fingerprint density at radius 3 is 2.69 bits per heavy atom. The molecule has 0 unspecified atom stereocenters. The maximum atomic E-state index is 11.6. The normalized spacial score (nSPS) is 17.1. The van der Waals surface area contributed by atoms with E-state index in [0.717, 1.165) is 24.6 Å². The average molecular weight is 179 g/mol. The van der Waals surface area contributed by atoms with Gasteiger partial charge in [-0.15, -0.1) is 0 Å². The summed E-state index contributed by atoms with van der Waals surface area (Å²) in [4.78, 5) is 15.9. The van der Waals surface area contributed by atoms with Crippen LogP contribution in [0, 0.1) is 13.8 Å². The van der Waals surface area contributed by atoms with E-state index < -0.39 is 0 Å². The van der Waals surface area contributed by atoms with Crippen LogP contribution in [0.4, 0.5) is 0 Å². The molecular formula is C9H13N3O. The Balaban J connectivity index is 2.49. The Hall–Kier alpha value is -1.16. The van der Waals surface area contributed by atoms with E-state index in [-0.39, 0.29) is 5.56 Å². The fourth-order valence-corrected chi connectivity index (χ4v) is 1.65. The van der Waals surface area contributed by atoms with Gasteiger partial charge in [0.2, 0.25) is 0 Å². The van der Waals surface area contributed by atoms with Crippen LogP contribution >= 0.6 is 0 Å². The van der Waals surface area contributed by atoms with Gasteiger partial charge in [-0.3, -0.25) is 9.36 Å². The molecule has 0 aromatic carbocycles. The minimum atomic E-state index is 0.0662. The molecule has 0 amide bonds. The van der Waals surface area contributed by atoms with Crippen LogP contribution in [-0.4, -0.2) is 22.6 Å². The van der Waals surface area contributed by atoms with Gasteiger partial charge < -0.3 is 5.32 Å². The molecule has 0 bridgehead atoms. The summed E-state index contributed by atoms with van der Waals surface area (Å²) in [6.45, 7) is 5.49. The van der Waals surface area contributed by atoms with Crippen LogP contribution in [0.2, 0.25) is 0 Å². The molecule has 2 heterocycles. The standard InChI is InChI=1S/C9H13N3O/c1-6-3-9(13)12(7(2)11-6)8-4-10-5-8/h3,8,10H,4-5H2,1-2H3. The number of nitrogens with one attached hydrogen (secondary N) is 1. The average Bonchev–Trinajstić information content (AvgIpc) is 1.92. The van der Waals surface area contributed by atoms with Gasteiger partial charge in [-0.05, 0) is 13.8 Å². The van der Waals surface area contributed by atoms with Gasteiger partial charge >= 0.3 is 0 Å². The molecule has 4 nitrogen and oxygen atoms in total. The fourth-order valence-electron chi connectivity index (χ4n) is 1.65. The molecule has 1 aromatic rings. The van der Waals surface area contributed by atoms with Crippen LogP contribution < -0.4 is 10.9 Å². The molecular weight excluding hydrogens is 166 g/mol. The van der Waals surface area contributed by atoms with E-state index in [2.05, 4.69) is 10.3 Å². The van der Waals surface area contributed by atoms with Crippen molar-refractivity contribution in [3.8, 4) is 0 Å². The van der Waals surface area contributed by atoms with Crippen LogP contribution in [-0.2, 0) is 0 Å². The van der Waals surface area contributed by atoms with Gasteiger partial charge in [0.1, 0.15) is 5.82 Å². The topological polar surface area (TPSA) is 46.9 Å². The molecule has 4 heteroatoms. The molecule has 0 saturated carbocycles. The van der Waals surface area contributed by atoms with Crippen molar-refractivity contribution in [2.24, 2.45) is 0 Å². The van der Waals surface area contributed by atoms with E-state index in [0.29, 0.717) is 6.04 Å². The lowest BCUT2D eigenvalue weighted by Gasteiger charge is -2.30. The number of aryl methyl sites for hydroxylation is 2. The Morgan fingerprint density at radius 1 is 1.54 bits per heavy atom. The lowest BCUT2D eigenvalue weighted by molar-refractivity contribution is 0.327. The molecule has 1 N–H and O–H groups in total.